The van der Waals surface area contributed by atoms with E-state index in [9.17, 15) is 16.8 Å². The fourth-order valence-corrected chi connectivity index (χ4v) is 12.2. The van der Waals surface area contributed by atoms with E-state index >= 15 is 0 Å². The number of epoxide rings is 2. The van der Waals surface area contributed by atoms with Crippen LogP contribution in [0.3, 0.4) is 0 Å². The Labute approximate surface area is 212 Å². The number of benzene rings is 2. The molecule has 0 spiro atoms. The van der Waals surface area contributed by atoms with Crippen LogP contribution in [0.15, 0.2) is 70.5 Å². The van der Waals surface area contributed by atoms with Crippen LogP contribution >= 0.6 is 0 Å². The van der Waals surface area contributed by atoms with Gasteiger partial charge in [0, 0.05) is 0 Å². The molecular formula is C28H30O6S2. The van der Waals surface area contributed by atoms with E-state index in [2.05, 4.69) is 0 Å². The maximum absolute atomic E-state index is 13.1. The third kappa shape index (κ3) is 3.01. The second kappa shape index (κ2) is 7.43. The monoisotopic (exact) mass is 526 g/mol. The Morgan fingerprint density at radius 1 is 0.500 bits per heavy atom. The third-order valence-corrected chi connectivity index (χ3v) is 14.0. The summed E-state index contributed by atoms with van der Waals surface area (Å²) in [6.45, 7) is 0. The molecule has 2 saturated heterocycles. The Kier molecular flexibility index (Phi) is 4.59. The van der Waals surface area contributed by atoms with Gasteiger partial charge in [-0.05, 0) is 84.5 Å². The molecule has 6 aliphatic rings. The number of hydrogen-bond donors (Lipinski definition) is 0. The molecule has 0 aromatic heterocycles. The van der Waals surface area contributed by atoms with Crippen LogP contribution in [-0.2, 0) is 29.1 Å². The Morgan fingerprint density at radius 2 is 0.833 bits per heavy atom. The van der Waals surface area contributed by atoms with Crippen LogP contribution in [-0.4, -0.2) is 52.8 Å². The van der Waals surface area contributed by atoms with Crippen LogP contribution in [0.25, 0.3) is 0 Å². The molecule has 190 valence electrons. The normalized spacial score (nSPS) is 44.8. The van der Waals surface area contributed by atoms with Crippen molar-refractivity contribution in [2.24, 2.45) is 47.3 Å². The summed E-state index contributed by atoms with van der Waals surface area (Å²) < 4.78 is 64.7. The molecule has 8 unspecified atom stereocenters. The van der Waals surface area contributed by atoms with Gasteiger partial charge in [-0.3, -0.25) is 0 Å². The van der Waals surface area contributed by atoms with Gasteiger partial charge in [0.2, 0.25) is 0 Å². The molecular weight excluding hydrogens is 496 g/mol. The quantitative estimate of drug-likeness (QED) is 0.491. The SMILES string of the molecule is O=S(=O)(CCC1C2C3OC3C3C(CCS(=O)(=O)c4ccccc4)C4C5OC5C1C4C23)c1ccccc1. The van der Waals surface area contributed by atoms with Gasteiger partial charge in [0.25, 0.3) is 0 Å². The molecule has 2 heterocycles. The molecule has 4 aliphatic carbocycles. The van der Waals surface area contributed by atoms with Crippen molar-refractivity contribution in [1.29, 1.82) is 0 Å². The van der Waals surface area contributed by atoms with Gasteiger partial charge in [-0.25, -0.2) is 16.8 Å². The van der Waals surface area contributed by atoms with Crippen molar-refractivity contribution in [1.82, 2.24) is 0 Å². The Hall–Kier alpha value is -1.74. The third-order valence-electron chi connectivity index (χ3n) is 10.5. The van der Waals surface area contributed by atoms with Crippen LogP contribution in [0.4, 0.5) is 0 Å². The van der Waals surface area contributed by atoms with Crippen molar-refractivity contribution < 1.29 is 26.3 Å². The van der Waals surface area contributed by atoms with Crippen molar-refractivity contribution in [2.75, 3.05) is 11.5 Å². The molecule has 6 nitrogen and oxygen atoms in total. The van der Waals surface area contributed by atoms with Gasteiger partial charge in [-0.1, -0.05) is 36.4 Å². The van der Waals surface area contributed by atoms with Crippen LogP contribution < -0.4 is 0 Å². The minimum absolute atomic E-state index is 0.164. The highest BCUT2D eigenvalue weighted by Gasteiger charge is 2.83. The molecule has 8 atom stereocenters. The minimum Gasteiger partial charge on any atom is -0.369 e. The summed E-state index contributed by atoms with van der Waals surface area (Å²) in [5.74, 6) is 3.60. The Bertz CT molecular complexity index is 1270. The molecule has 8 heteroatoms. The molecule has 4 saturated carbocycles. The first-order valence-electron chi connectivity index (χ1n) is 13.2. The van der Waals surface area contributed by atoms with E-state index in [4.69, 9.17) is 9.47 Å². The van der Waals surface area contributed by atoms with E-state index in [1.54, 1.807) is 48.5 Å². The molecule has 0 bridgehead atoms. The second-order valence-corrected chi connectivity index (χ2v) is 16.0. The second-order valence-electron chi connectivity index (χ2n) is 11.8. The smallest absolute Gasteiger partial charge is 0.178 e. The van der Waals surface area contributed by atoms with Gasteiger partial charge >= 0.3 is 0 Å². The molecule has 8 rings (SSSR count). The van der Waals surface area contributed by atoms with Gasteiger partial charge in [0.05, 0.1) is 45.7 Å². The number of ether oxygens (including phenoxy) is 2. The summed E-state index contributed by atoms with van der Waals surface area (Å²) in [6.07, 6.45) is 2.21. The van der Waals surface area contributed by atoms with Crippen molar-refractivity contribution >= 4 is 19.7 Å². The summed E-state index contributed by atoms with van der Waals surface area (Å²) >= 11 is 0. The Balaban J connectivity index is 1.04. The highest BCUT2D eigenvalue weighted by Crippen LogP contribution is 2.79. The fraction of sp³-hybridized carbons (Fsp3) is 0.571. The zero-order valence-electron chi connectivity index (χ0n) is 19.8. The van der Waals surface area contributed by atoms with Gasteiger partial charge in [-0.15, -0.1) is 0 Å². The lowest BCUT2D eigenvalue weighted by atomic mass is 9.81. The molecule has 2 aromatic carbocycles. The highest BCUT2D eigenvalue weighted by molar-refractivity contribution is 7.91. The highest BCUT2D eigenvalue weighted by atomic mass is 32.2. The standard InChI is InChI=1S/C28H30O6S2/c29-35(30,15-7-3-1-4-8-15)13-11-17-19-23-21(27-25(19)33-27)18(22-24(23)20(17)26-28(22)34-26)12-14-36(31,32)16-9-5-2-6-10-16/h1-10,17-28H,11-14H2. The van der Waals surface area contributed by atoms with Crippen molar-refractivity contribution in [3.05, 3.63) is 60.7 Å². The van der Waals surface area contributed by atoms with Crippen LogP contribution in [0.1, 0.15) is 12.8 Å². The van der Waals surface area contributed by atoms with Crippen molar-refractivity contribution in [3.8, 4) is 0 Å². The molecule has 0 amide bonds. The number of rotatable bonds is 8. The lowest BCUT2D eigenvalue weighted by molar-refractivity contribution is 0.106. The largest absolute Gasteiger partial charge is 0.369 e. The molecule has 2 aliphatic heterocycles. The average Bonchev–Trinajstić information content (AvgIpc) is 3.71. The number of sulfone groups is 2. The lowest BCUT2D eigenvalue weighted by Gasteiger charge is -2.28. The fourth-order valence-electron chi connectivity index (χ4n) is 9.40. The molecule has 0 radical (unpaired) electrons. The maximum Gasteiger partial charge on any atom is 0.178 e. The zero-order valence-corrected chi connectivity index (χ0v) is 21.4. The van der Waals surface area contributed by atoms with E-state index in [1.165, 1.54) is 0 Å². The molecule has 0 N–H and O–H groups in total. The number of hydrogen-bond acceptors (Lipinski definition) is 6. The topological polar surface area (TPSA) is 93.3 Å². The zero-order chi connectivity index (χ0) is 24.4. The summed E-state index contributed by atoms with van der Waals surface area (Å²) in [5.41, 5.74) is 0. The van der Waals surface area contributed by atoms with Gasteiger partial charge in [0.1, 0.15) is 0 Å². The summed E-state index contributed by atoms with van der Waals surface area (Å²) in [4.78, 5) is 0.801. The van der Waals surface area contributed by atoms with Crippen LogP contribution in [0.2, 0.25) is 0 Å². The molecule has 2 aromatic rings. The van der Waals surface area contributed by atoms with Gasteiger partial charge < -0.3 is 9.47 Å². The maximum atomic E-state index is 13.1. The molecule has 36 heavy (non-hydrogen) atoms. The predicted octanol–water partition coefficient (Wildman–Crippen LogP) is 3.23. The van der Waals surface area contributed by atoms with Crippen LogP contribution in [0.5, 0.6) is 0 Å². The van der Waals surface area contributed by atoms with E-state index < -0.39 is 19.7 Å². The van der Waals surface area contributed by atoms with Gasteiger partial charge in [-0.2, -0.15) is 0 Å². The van der Waals surface area contributed by atoms with Crippen LogP contribution in [0, 0.1) is 47.3 Å². The summed E-state index contributed by atoms with van der Waals surface area (Å²) in [5, 5.41) is 0. The number of fused-ring (bicyclic) bond motifs is 6. The first-order chi connectivity index (χ1) is 17.4. The first kappa shape index (κ1) is 22.3. The Morgan fingerprint density at radius 3 is 1.17 bits per heavy atom. The van der Waals surface area contributed by atoms with E-state index in [-0.39, 0.29) is 35.9 Å². The summed E-state index contributed by atoms with van der Waals surface area (Å²) in [6, 6.07) is 17.5. The van der Waals surface area contributed by atoms with Crippen molar-refractivity contribution in [2.45, 2.75) is 47.0 Å². The predicted molar refractivity (Wildman–Crippen MR) is 131 cm³/mol. The van der Waals surface area contributed by atoms with E-state index in [0.29, 0.717) is 70.0 Å². The average molecular weight is 527 g/mol. The minimum atomic E-state index is -3.33. The first-order valence-corrected chi connectivity index (χ1v) is 16.5. The van der Waals surface area contributed by atoms with E-state index in [0.717, 1.165) is 0 Å². The summed E-state index contributed by atoms with van der Waals surface area (Å²) in [7, 11) is -6.65. The van der Waals surface area contributed by atoms with E-state index in [1.807, 2.05) is 12.1 Å². The van der Waals surface area contributed by atoms with Crippen molar-refractivity contribution in [3.63, 3.8) is 0 Å². The molecule has 6 fully saturated rings. The van der Waals surface area contributed by atoms with Gasteiger partial charge in [0.15, 0.2) is 19.7 Å². The lowest BCUT2D eigenvalue weighted by Crippen LogP contribution is -2.28.